The first kappa shape index (κ1) is 23.1. The number of nitrogens with two attached hydrogens (primary N) is 1. The first-order valence-corrected chi connectivity index (χ1v) is 13.5. The third-order valence-corrected chi connectivity index (χ3v) is 12.5. The van der Waals surface area contributed by atoms with E-state index in [1.165, 1.54) is 31.3 Å². The number of ketones is 1. The van der Waals surface area contributed by atoms with Crippen LogP contribution in [0.1, 0.15) is 106 Å². The van der Waals surface area contributed by atoms with Crippen molar-refractivity contribution in [2.75, 3.05) is 0 Å². The molecule has 0 heterocycles. The van der Waals surface area contributed by atoms with Gasteiger partial charge >= 0.3 is 0 Å². The number of hydrogen-bond acceptors (Lipinski definition) is 3. The number of allylic oxidation sites excluding steroid dienone is 1. The van der Waals surface area contributed by atoms with Crippen molar-refractivity contribution in [3.63, 3.8) is 0 Å². The highest BCUT2D eigenvalue weighted by molar-refractivity contribution is 6.01. The van der Waals surface area contributed by atoms with Crippen molar-refractivity contribution in [2.24, 2.45) is 51.1 Å². The second-order valence-electron chi connectivity index (χ2n) is 14.2. The average molecular weight is 442 g/mol. The van der Waals surface area contributed by atoms with Gasteiger partial charge in [0.1, 0.15) is 0 Å². The number of hydrogen-bond donors (Lipinski definition) is 2. The summed E-state index contributed by atoms with van der Waals surface area (Å²) < 4.78 is 0. The van der Waals surface area contributed by atoms with Crippen LogP contribution in [-0.2, 0) is 4.79 Å². The zero-order chi connectivity index (χ0) is 23.5. The molecule has 3 heteroatoms. The van der Waals surface area contributed by atoms with Crippen LogP contribution in [0.15, 0.2) is 11.1 Å². The van der Waals surface area contributed by atoms with E-state index in [0.29, 0.717) is 35.4 Å². The zero-order valence-corrected chi connectivity index (χ0v) is 21.7. The molecule has 0 amide bonds. The van der Waals surface area contributed by atoms with Crippen LogP contribution in [0.2, 0.25) is 0 Å². The lowest BCUT2D eigenvalue weighted by molar-refractivity contribution is -0.226. The van der Waals surface area contributed by atoms with Crippen molar-refractivity contribution in [3.8, 4) is 0 Å². The fraction of sp³-hybridized carbons (Fsp3) is 0.897. The van der Waals surface area contributed by atoms with Crippen molar-refractivity contribution in [3.05, 3.63) is 11.1 Å². The lowest BCUT2D eigenvalue weighted by Gasteiger charge is -2.72. The van der Waals surface area contributed by atoms with Gasteiger partial charge in [0.25, 0.3) is 0 Å². The van der Waals surface area contributed by atoms with Gasteiger partial charge in [-0.25, -0.2) is 0 Å². The van der Waals surface area contributed by atoms with Gasteiger partial charge in [0, 0.05) is 12.0 Å². The highest BCUT2D eigenvalue weighted by Crippen LogP contribution is 2.75. The smallest absolute Gasteiger partial charge is 0.161 e. The van der Waals surface area contributed by atoms with Gasteiger partial charge < -0.3 is 10.8 Å². The Morgan fingerprint density at radius 3 is 2.22 bits per heavy atom. The second-order valence-corrected chi connectivity index (χ2v) is 14.2. The predicted octanol–water partition coefficient (Wildman–Crippen LogP) is 6.04. The highest BCUT2D eigenvalue weighted by atomic mass is 16.3. The summed E-state index contributed by atoms with van der Waals surface area (Å²) in [5, 5.41) is 10.9. The number of aliphatic hydroxyl groups excluding tert-OH is 1. The van der Waals surface area contributed by atoms with Crippen LogP contribution in [0.3, 0.4) is 0 Å². The Kier molecular flexibility index (Phi) is 4.85. The Morgan fingerprint density at radius 2 is 1.56 bits per heavy atom. The van der Waals surface area contributed by atoms with Crippen LogP contribution in [0, 0.1) is 45.3 Å². The number of aliphatic hydroxyl groups is 1. The number of rotatable bonds is 1. The summed E-state index contributed by atoms with van der Waals surface area (Å²) in [6, 6.07) is 0. The average Bonchev–Trinajstić information content (AvgIpc) is 2.96. The summed E-state index contributed by atoms with van der Waals surface area (Å²) in [6.45, 7) is 16.8. The lowest BCUT2D eigenvalue weighted by atomic mass is 9.33. The van der Waals surface area contributed by atoms with Crippen molar-refractivity contribution in [1.82, 2.24) is 0 Å². The third kappa shape index (κ3) is 2.59. The summed E-state index contributed by atoms with van der Waals surface area (Å²) in [6.07, 6.45) is 9.46. The Labute approximate surface area is 196 Å². The molecular weight excluding hydrogens is 394 g/mol. The predicted molar refractivity (Wildman–Crippen MR) is 130 cm³/mol. The molecule has 32 heavy (non-hydrogen) atoms. The van der Waals surface area contributed by atoms with Crippen molar-refractivity contribution in [1.29, 1.82) is 0 Å². The van der Waals surface area contributed by atoms with Crippen LogP contribution in [-0.4, -0.2) is 22.5 Å². The van der Waals surface area contributed by atoms with E-state index in [9.17, 15) is 9.90 Å². The van der Waals surface area contributed by atoms with Gasteiger partial charge in [0.2, 0.25) is 0 Å². The molecule has 3 nitrogen and oxygen atoms in total. The fourth-order valence-electron chi connectivity index (χ4n) is 10.6. The molecule has 5 aliphatic carbocycles. The normalized spacial score (nSPS) is 52.4. The van der Waals surface area contributed by atoms with E-state index < -0.39 is 0 Å². The zero-order valence-electron chi connectivity index (χ0n) is 21.7. The molecule has 4 fully saturated rings. The van der Waals surface area contributed by atoms with Crippen molar-refractivity contribution >= 4 is 5.78 Å². The lowest BCUT2D eigenvalue weighted by Crippen LogP contribution is -2.66. The maximum absolute atomic E-state index is 13.1. The Balaban J connectivity index is 1.60. The SMILES string of the molecule is CC(C)C1=C2[C@H]3CC[C@@H]4[C@@]5(C)CC[C@H](O)C(C)(C)[C@@H]5CC[C@@]4(C)[C@]3(C)CC[C@@]2(N)CC1=O. The van der Waals surface area contributed by atoms with E-state index in [2.05, 4.69) is 48.5 Å². The van der Waals surface area contributed by atoms with Gasteiger partial charge in [0.05, 0.1) is 6.10 Å². The van der Waals surface area contributed by atoms with Gasteiger partial charge in [-0.15, -0.1) is 0 Å². The molecule has 0 spiro atoms. The molecule has 0 aromatic rings. The Bertz CT molecular complexity index is 872. The molecule has 0 aromatic carbocycles. The largest absolute Gasteiger partial charge is 0.393 e. The Morgan fingerprint density at radius 1 is 0.875 bits per heavy atom. The maximum atomic E-state index is 13.1. The summed E-state index contributed by atoms with van der Waals surface area (Å²) in [5.41, 5.74) is 9.87. The number of carbonyl (C=O) groups excluding carboxylic acids is 1. The van der Waals surface area contributed by atoms with Crippen LogP contribution < -0.4 is 5.73 Å². The molecule has 3 N–H and O–H groups in total. The minimum atomic E-state index is -0.387. The second kappa shape index (κ2) is 6.72. The van der Waals surface area contributed by atoms with Gasteiger partial charge in [0.15, 0.2) is 5.78 Å². The molecule has 0 saturated heterocycles. The first-order chi connectivity index (χ1) is 14.7. The molecule has 4 saturated carbocycles. The van der Waals surface area contributed by atoms with Crippen molar-refractivity contribution < 1.29 is 9.90 Å². The van der Waals surface area contributed by atoms with Gasteiger partial charge in [-0.1, -0.05) is 48.5 Å². The standard InChI is InChI=1S/C29H47NO2/c1-17(2)23-19(31)16-29(30)15-14-27(6)18(24(23)29)8-9-21-26(5)12-11-22(32)25(3,4)20(26)10-13-28(21,27)7/h17-18,20-22,32H,8-16,30H2,1-7H3/t18-,20+,21-,22+,26+,27-,28-,29-/m1/s1. The molecule has 0 unspecified atom stereocenters. The quantitative estimate of drug-likeness (QED) is 0.521. The fourth-order valence-corrected chi connectivity index (χ4v) is 10.6. The Hall–Kier alpha value is -0.670. The summed E-state index contributed by atoms with van der Waals surface area (Å²) in [7, 11) is 0. The minimum absolute atomic E-state index is 0.00370. The van der Waals surface area contributed by atoms with E-state index in [1.54, 1.807) is 0 Å². The number of Topliss-reactive ketones (excluding diaryl/α,β-unsaturated/α-hetero) is 1. The van der Waals surface area contributed by atoms with Gasteiger partial charge in [-0.2, -0.15) is 0 Å². The number of carbonyl (C=O) groups is 1. The van der Waals surface area contributed by atoms with Crippen LogP contribution in [0.5, 0.6) is 0 Å². The molecular formula is C29H47NO2. The third-order valence-electron chi connectivity index (χ3n) is 12.5. The summed E-state index contributed by atoms with van der Waals surface area (Å²) >= 11 is 0. The minimum Gasteiger partial charge on any atom is -0.393 e. The summed E-state index contributed by atoms with van der Waals surface area (Å²) in [4.78, 5) is 13.1. The van der Waals surface area contributed by atoms with E-state index in [-0.39, 0.29) is 33.8 Å². The molecule has 0 radical (unpaired) electrons. The monoisotopic (exact) mass is 441 g/mol. The maximum Gasteiger partial charge on any atom is 0.161 e. The van der Waals surface area contributed by atoms with Gasteiger partial charge in [-0.3, -0.25) is 4.79 Å². The molecule has 5 aliphatic rings. The molecule has 180 valence electrons. The van der Waals surface area contributed by atoms with E-state index >= 15 is 0 Å². The molecule has 8 atom stereocenters. The van der Waals surface area contributed by atoms with Crippen LogP contribution >= 0.6 is 0 Å². The first-order valence-electron chi connectivity index (χ1n) is 13.5. The van der Waals surface area contributed by atoms with Crippen LogP contribution in [0.4, 0.5) is 0 Å². The molecule has 5 rings (SSSR count). The molecule has 0 bridgehead atoms. The van der Waals surface area contributed by atoms with E-state index in [0.717, 1.165) is 31.3 Å². The van der Waals surface area contributed by atoms with E-state index in [1.807, 2.05) is 0 Å². The number of fused-ring (bicyclic) bond motifs is 7. The topological polar surface area (TPSA) is 63.3 Å². The molecule has 0 aliphatic heterocycles. The van der Waals surface area contributed by atoms with Crippen molar-refractivity contribution in [2.45, 2.75) is 118 Å². The highest BCUT2D eigenvalue weighted by Gasteiger charge is 2.69. The van der Waals surface area contributed by atoms with Crippen LogP contribution in [0.25, 0.3) is 0 Å². The summed E-state index contributed by atoms with van der Waals surface area (Å²) in [5.74, 6) is 2.33. The van der Waals surface area contributed by atoms with Gasteiger partial charge in [-0.05, 0) is 108 Å². The molecule has 0 aromatic heterocycles. The van der Waals surface area contributed by atoms with E-state index in [4.69, 9.17) is 5.73 Å².